The maximum atomic E-state index is 13.1. The van der Waals surface area contributed by atoms with Gasteiger partial charge in [-0.1, -0.05) is 6.92 Å². The van der Waals surface area contributed by atoms with Crippen LogP contribution in [0.3, 0.4) is 0 Å². The summed E-state index contributed by atoms with van der Waals surface area (Å²) in [5.74, 6) is -0.130. The Bertz CT molecular complexity index is 443. The fraction of sp³-hybridized carbons (Fsp3) is 0.273. The van der Waals surface area contributed by atoms with Crippen molar-refractivity contribution in [2.24, 2.45) is 0 Å². The molecule has 1 aromatic heterocycles. The van der Waals surface area contributed by atoms with E-state index in [1.54, 1.807) is 6.07 Å². The third-order valence-electron chi connectivity index (χ3n) is 2.44. The largest absolute Gasteiger partial charge is 0.358 e. The Morgan fingerprint density at radius 3 is 2.85 bits per heavy atom. The third kappa shape index (κ3) is 1.22. The van der Waals surface area contributed by atoms with Gasteiger partial charge in [0.1, 0.15) is 5.82 Å². The third-order valence-corrected chi connectivity index (χ3v) is 2.44. The molecule has 68 valence electrons. The number of aromatic amines is 1. The molecule has 2 aromatic rings. The van der Waals surface area contributed by atoms with Crippen LogP contribution in [0.25, 0.3) is 10.9 Å². The first-order valence-corrected chi connectivity index (χ1v) is 4.49. The van der Waals surface area contributed by atoms with Gasteiger partial charge in [-0.3, -0.25) is 0 Å². The van der Waals surface area contributed by atoms with Crippen molar-refractivity contribution in [3.8, 4) is 0 Å². The van der Waals surface area contributed by atoms with Crippen LogP contribution < -0.4 is 0 Å². The topological polar surface area (TPSA) is 15.8 Å². The Morgan fingerprint density at radius 2 is 2.15 bits per heavy atom. The quantitative estimate of drug-likeness (QED) is 0.688. The van der Waals surface area contributed by atoms with E-state index in [0.29, 0.717) is 0 Å². The zero-order valence-corrected chi connectivity index (χ0v) is 7.82. The van der Waals surface area contributed by atoms with Crippen LogP contribution in [-0.2, 0) is 6.42 Å². The molecule has 2 heteroatoms. The number of hydrogen-bond donors (Lipinski definition) is 1. The number of fused-ring (bicyclic) bond motifs is 1. The highest BCUT2D eigenvalue weighted by Gasteiger charge is 2.05. The van der Waals surface area contributed by atoms with Crippen molar-refractivity contribution in [1.29, 1.82) is 0 Å². The van der Waals surface area contributed by atoms with Gasteiger partial charge in [-0.25, -0.2) is 4.39 Å². The van der Waals surface area contributed by atoms with Gasteiger partial charge in [-0.15, -0.1) is 0 Å². The predicted octanol–water partition coefficient (Wildman–Crippen LogP) is 3.18. The lowest BCUT2D eigenvalue weighted by molar-refractivity contribution is 0.621. The molecule has 0 aliphatic carbocycles. The summed E-state index contributed by atoms with van der Waals surface area (Å²) in [6.45, 7) is 3.89. The highest BCUT2D eigenvalue weighted by atomic mass is 19.1. The molecule has 13 heavy (non-hydrogen) atoms. The van der Waals surface area contributed by atoms with Crippen molar-refractivity contribution in [3.05, 3.63) is 35.3 Å². The summed E-state index contributed by atoms with van der Waals surface area (Å²) in [6, 6.07) is 5.32. The number of H-pyrrole nitrogens is 1. The fourth-order valence-corrected chi connectivity index (χ4v) is 1.57. The van der Waals surface area contributed by atoms with Gasteiger partial charge in [0.25, 0.3) is 0 Å². The van der Waals surface area contributed by atoms with E-state index < -0.39 is 0 Å². The average molecular weight is 177 g/mol. The van der Waals surface area contributed by atoms with Crippen LogP contribution in [0.5, 0.6) is 0 Å². The number of rotatable bonds is 1. The number of aromatic nitrogens is 1. The molecule has 0 aliphatic heterocycles. The molecular formula is C11H12FN. The van der Waals surface area contributed by atoms with E-state index >= 15 is 0 Å². The molecule has 1 heterocycles. The van der Waals surface area contributed by atoms with Crippen molar-refractivity contribution in [1.82, 2.24) is 4.98 Å². The average Bonchev–Trinajstić information content (AvgIpc) is 2.55. The molecule has 0 unspecified atom stereocenters. The molecule has 0 amide bonds. The lowest BCUT2D eigenvalue weighted by atomic mass is 10.1. The van der Waals surface area contributed by atoms with Crippen LogP contribution in [-0.4, -0.2) is 4.98 Å². The van der Waals surface area contributed by atoms with Gasteiger partial charge in [-0.2, -0.15) is 0 Å². The molecule has 1 aromatic carbocycles. The first-order valence-electron chi connectivity index (χ1n) is 4.49. The Morgan fingerprint density at radius 1 is 1.38 bits per heavy atom. The van der Waals surface area contributed by atoms with Crippen LogP contribution in [0, 0.1) is 12.7 Å². The van der Waals surface area contributed by atoms with E-state index in [4.69, 9.17) is 0 Å². The van der Waals surface area contributed by atoms with Gasteiger partial charge in [-0.05, 0) is 37.1 Å². The molecule has 2 rings (SSSR count). The summed E-state index contributed by atoms with van der Waals surface area (Å²) >= 11 is 0. The summed E-state index contributed by atoms with van der Waals surface area (Å²) < 4.78 is 13.1. The first-order chi connectivity index (χ1) is 6.22. The van der Waals surface area contributed by atoms with Crippen LogP contribution in [0.15, 0.2) is 18.2 Å². The maximum Gasteiger partial charge on any atom is 0.126 e. The second-order valence-electron chi connectivity index (χ2n) is 3.28. The van der Waals surface area contributed by atoms with E-state index in [2.05, 4.69) is 11.9 Å². The van der Waals surface area contributed by atoms with E-state index in [9.17, 15) is 4.39 Å². The monoisotopic (exact) mass is 177 g/mol. The molecule has 0 fully saturated rings. The number of aryl methyl sites for hydroxylation is 2. The maximum absolute atomic E-state index is 13.1. The lowest BCUT2D eigenvalue weighted by Crippen LogP contribution is -1.81. The summed E-state index contributed by atoms with van der Waals surface area (Å²) in [6.07, 6.45) is 0.954. The van der Waals surface area contributed by atoms with Gasteiger partial charge in [0, 0.05) is 16.6 Å². The normalized spacial score (nSPS) is 11.0. The summed E-state index contributed by atoms with van der Waals surface area (Å²) in [5, 5.41) is 0.997. The van der Waals surface area contributed by atoms with E-state index in [-0.39, 0.29) is 5.82 Å². The number of halogens is 1. The summed E-state index contributed by atoms with van der Waals surface area (Å²) in [4.78, 5) is 3.25. The van der Waals surface area contributed by atoms with Crippen LogP contribution in [0.2, 0.25) is 0 Å². The zero-order chi connectivity index (χ0) is 9.42. The van der Waals surface area contributed by atoms with E-state index in [1.165, 1.54) is 6.07 Å². The van der Waals surface area contributed by atoms with Gasteiger partial charge < -0.3 is 4.98 Å². The Kier molecular flexibility index (Phi) is 1.83. The molecule has 0 radical (unpaired) electrons. The molecular weight excluding hydrogens is 165 g/mol. The predicted molar refractivity (Wildman–Crippen MR) is 52.4 cm³/mol. The van der Waals surface area contributed by atoms with Gasteiger partial charge in [0.15, 0.2) is 0 Å². The summed E-state index contributed by atoms with van der Waals surface area (Å²) in [7, 11) is 0. The molecule has 1 nitrogen and oxygen atoms in total. The fourth-order valence-electron chi connectivity index (χ4n) is 1.57. The molecule has 0 atom stereocenters. The minimum atomic E-state index is -0.130. The smallest absolute Gasteiger partial charge is 0.126 e. The zero-order valence-electron chi connectivity index (χ0n) is 7.82. The molecule has 0 bridgehead atoms. The van der Waals surface area contributed by atoms with Crippen molar-refractivity contribution in [3.63, 3.8) is 0 Å². The van der Waals surface area contributed by atoms with Gasteiger partial charge in [0.05, 0.1) is 0 Å². The highest BCUT2D eigenvalue weighted by molar-refractivity contribution is 5.83. The van der Waals surface area contributed by atoms with E-state index in [0.717, 1.165) is 28.6 Å². The number of nitrogens with one attached hydrogen (secondary N) is 1. The van der Waals surface area contributed by atoms with Crippen LogP contribution in [0.4, 0.5) is 4.39 Å². The highest BCUT2D eigenvalue weighted by Crippen LogP contribution is 2.21. The first kappa shape index (κ1) is 8.30. The molecule has 0 saturated carbocycles. The minimum Gasteiger partial charge on any atom is -0.358 e. The van der Waals surface area contributed by atoms with Gasteiger partial charge >= 0.3 is 0 Å². The van der Waals surface area contributed by atoms with E-state index in [1.807, 2.05) is 13.0 Å². The van der Waals surface area contributed by atoms with Crippen LogP contribution in [0.1, 0.15) is 18.2 Å². The van der Waals surface area contributed by atoms with Crippen molar-refractivity contribution in [2.45, 2.75) is 20.3 Å². The Labute approximate surface area is 76.6 Å². The Hall–Kier alpha value is -1.31. The lowest BCUT2D eigenvalue weighted by Gasteiger charge is -1.96. The van der Waals surface area contributed by atoms with Crippen LogP contribution >= 0.6 is 0 Å². The standard InChI is InChI=1S/C11H12FN/c1-3-8-6-9-7(2)10(12)4-5-11(9)13-8/h4-6,13H,3H2,1-2H3. The van der Waals surface area contributed by atoms with Crippen molar-refractivity contribution in [2.75, 3.05) is 0 Å². The molecule has 1 N–H and O–H groups in total. The van der Waals surface area contributed by atoms with Gasteiger partial charge in [0.2, 0.25) is 0 Å². The second kappa shape index (κ2) is 2.87. The van der Waals surface area contributed by atoms with Crippen molar-refractivity contribution < 1.29 is 4.39 Å². The number of benzene rings is 1. The molecule has 0 saturated heterocycles. The SMILES string of the molecule is CCc1cc2c(C)c(F)ccc2[nH]1. The van der Waals surface area contributed by atoms with Crippen molar-refractivity contribution >= 4 is 10.9 Å². The minimum absolute atomic E-state index is 0.130. The number of hydrogen-bond acceptors (Lipinski definition) is 0. The summed E-state index contributed by atoms with van der Waals surface area (Å²) in [5.41, 5.74) is 2.91. The second-order valence-corrected chi connectivity index (χ2v) is 3.28. The molecule has 0 aliphatic rings. The molecule has 0 spiro atoms. The Balaban J connectivity index is 2.76.